The van der Waals surface area contributed by atoms with E-state index < -0.39 is 17.5 Å². The zero-order valence-corrected chi connectivity index (χ0v) is 9.69. The SMILES string of the molecule is CC1OCCC1(C(=O)O)C1CCCCC1O. The standard InChI is InChI=1S/C12H20O4/c1-8-12(11(14)15,6-7-16-8)9-4-2-3-5-10(9)13/h8-10,13H,2-7H2,1H3,(H,14,15). The zero-order chi connectivity index (χ0) is 11.8. The molecule has 0 aromatic heterocycles. The molecular weight excluding hydrogens is 208 g/mol. The van der Waals surface area contributed by atoms with Crippen molar-refractivity contribution in [3.63, 3.8) is 0 Å². The summed E-state index contributed by atoms with van der Waals surface area (Å²) in [6, 6.07) is 0. The second kappa shape index (κ2) is 4.34. The van der Waals surface area contributed by atoms with Gasteiger partial charge in [0.05, 0.1) is 12.2 Å². The molecule has 4 heteroatoms. The van der Waals surface area contributed by atoms with Gasteiger partial charge in [-0.2, -0.15) is 0 Å². The number of hydrogen-bond donors (Lipinski definition) is 2. The molecular formula is C12H20O4. The van der Waals surface area contributed by atoms with Crippen LogP contribution in [0.25, 0.3) is 0 Å². The van der Waals surface area contributed by atoms with Gasteiger partial charge in [-0.1, -0.05) is 12.8 Å². The molecule has 2 N–H and O–H groups in total. The van der Waals surface area contributed by atoms with Gasteiger partial charge in [0.1, 0.15) is 5.41 Å². The Bertz CT molecular complexity index is 278. The van der Waals surface area contributed by atoms with Crippen molar-refractivity contribution >= 4 is 5.97 Å². The van der Waals surface area contributed by atoms with Gasteiger partial charge >= 0.3 is 5.97 Å². The van der Waals surface area contributed by atoms with Gasteiger partial charge in [0.2, 0.25) is 0 Å². The van der Waals surface area contributed by atoms with Gasteiger partial charge in [0.25, 0.3) is 0 Å². The Balaban J connectivity index is 2.28. The Morgan fingerprint density at radius 2 is 2.06 bits per heavy atom. The lowest BCUT2D eigenvalue weighted by Gasteiger charge is -2.41. The van der Waals surface area contributed by atoms with Crippen molar-refractivity contribution in [2.45, 2.75) is 51.2 Å². The maximum atomic E-state index is 11.6. The van der Waals surface area contributed by atoms with Crippen LogP contribution < -0.4 is 0 Å². The van der Waals surface area contributed by atoms with E-state index in [9.17, 15) is 15.0 Å². The highest BCUT2D eigenvalue weighted by atomic mass is 16.5. The van der Waals surface area contributed by atoms with E-state index >= 15 is 0 Å². The van der Waals surface area contributed by atoms with E-state index in [1.54, 1.807) is 0 Å². The number of carboxylic acids is 1. The van der Waals surface area contributed by atoms with E-state index in [0.717, 1.165) is 25.7 Å². The summed E-state index contributed by atoms with van der Waals surface area (Å²) in [4.78, 5) is 11.6. The number of aliphatic hydroxyl groups is 1. The summed E-state index contributed by atoms with van der Waals surface area (Å²) in [5.74, 6) is -0.945. The summed E-state index contributed by atoms with van der Waals surface area (Å²) in [5, 5.41) is 19.6. The van der Waals surface area contributed by atoms with Crippen LogP contribution in [-0.4, -0.2) is 35.0 Å². The minimum absolute atomic E-state index is 0.142. The number of hydrogen-bond acceptors (Lipinski definition) is 3. The second-order valence-electron chi connectivity index (χ2n) is 5.07. The van der Waals surface area contributed by atoms with Crippen LogP contribution in [0.4, 0.5) is 0 Å². The number of aliphatic hydroxyl groups excluding tert-OH is 1. The van der Waals surface area contributed by atoms with Crippen molar-refractivity contribution in [3.05, 3.63) is 0 Å². The topological polar surface area (TPSA) is 66.8 Å². The first-order valence-electron chi connectivity index (χ1n) is 6.12. The summed E-state index contributed by atoms with van der Waals surface area (Å²) in [5.41, 5.74) is -0.861. The summed E-state index contributed by atoms with van der Waals surface area (Å²) in [6.45, 7) is 2.32. The smallest absolute Gasteiger partial charge is 0.312 e. The molecule has 1 saturated heterocycles. The van der Waals surface area contributed by atoms with Crippen LogP contribution in [0.2, 0.25) is 0 Å². The Morgan fingerprint density at radius 1 is 1.38 bits per heavy atom. The highest BCUT2D eigenvalue weighted by Gasteiger charge is 2.55. The normalized spacial score (nSPS) is 44.5. The average Bonchev–Trinajstić information content (AvgIpc) is 2.62. The van der Waals surface area contributed by atoms with Crippen molar-refractivity contribution in [1.29, 1.82) is 0 Å². The molecule has 16 heavy (non-hydrogen) atoms. The molecule has 4 atom stereocenters. The molecule has 0 amide bonds. The largest absolute Gasteiger partial charge is 0.481 e. The van der Waals surface area contributed by atoms with Gasteiger partial charge in [-0.3, -0.25) is 4.79 Å². The summed E-state index contributed by atoms with van der Waals surface area (Å²) in [7, 11) is 0. The van der Waals surface area contributed by atoms with Crippen molar-refractivity contribution < 1.29 is 19.7 Å². The second-order valence-corrected chi connectivity index (χ2v) is 5.07. The Morgan fingerprint density at radius 3 is 2.56 bits per heavy atom. The van der Waals surface area contributed by atoms with Crippen molar-refractivity contribution in [3.8, 4) is 0 Å². The number of carboxylic acid groups (broad SMARTS) is 1. The van der Waals surface area contributed by atoms with Gasteiger partial charge in [-0.25, -0.2) is 0 Å². The molecule has 0 aromatic rings. The van der Waals surface area contributed by atoms with E-state index in [1.165, 1.54) is 0 Å². The number of carbonyl (C=O) groups is 1. The van der Waals surface area contributed by atoms with Gasteiger partial charge < -0.3 is 14.9 Å². The van der Waals surface area contributed by atoms with Crippen LogP contribution in [0.5, 0.6) is 0 Å². The monoisotopic (exact) mass is 228 g/mol. The molecule has 1 aliphatic carbocycles. The molecule has 4 unspecified atom stereocenters. The summed E-state index contributed by atoms with van der Waals surface area (Å²) >= 11 is 0. The highest BCUT2D eigenvalue weighted by molar-refractivity contribution is 5.76. The predicted octanol–water partition coefficient (Wildman–Crippen LogP) is 1.42. The first-order chi connectivity index (χ1) is 7.59. The van der Waals surface area contributed by atoms with Crippen molar-refractivity contribution in [2.24, 2.45) is 11.3 Å². The van der Waals surface area contributed by atoms with Gasteiger partial charge in [-0.15, -0.1) is 0 Å². The lowest BCUT2D eigenvalue weighted by Crippen LogP contribution is -2.49. The van der Waals surface area contributed by atoms with Gasteiger partial charge in [-0.05, 0) is 26.2 Å². The van der Waals surface area contributed by atoms with Crippen LogP contribution in [0.3, 0.4) is 0 Å². The number of aliphatic carboxylic acids is 1. The molecule has 2 aliphatic rings. The molecule has 92 valence electrons. The third-order valence-corrected chi connectivity index (χ3v) is 4.40. The van der Waals surface area contributed by atoms with Crippen LogP contribution in [0.1, 0.15) is 39.0 Å². The summed E-state index contributed by atoms with van der Waals surface area (Å²) < 4.78 is 5.44. The molecule has 1 aliphatic heterocycles. The first-order valence-corrected chi connectivity index (χ1v) is 6.12. The molecule has 4 nitrogen and oxygen atoms in total. The van der Waals surface area contributed by atoms with E-state index in [0.29, 0.717) is 13.0 Å². The quantitative estimate of drug-likeness (QED) is 0.750. The van der Waals surface area contributed by atoms with Gasteiger partial charge in [0.15, 0.2) is 0 Å². The highest BCUT2D eigenvalue weighted by Crippen LogP contribution is 2.48. The molecule has 0 aromatic carbocycles. The Hall–Kier alpha value is -0.610. The van der Waals surface area contributed by atoms with Crippen molar-refractivity contribution in [1.82, 2.24) is 0 Å². The lowest BCUT2D eigenvalue weighted by atomic mass is 9.64. The van der Waals surface area contributed by atoms with Crippen LogP contribution in [0.15, 0.2) is 0 Å². The van der Waals surface area contributed by atoms with E-state index in [1.807, 2.05) is 6.92 Å². The maximum Gasteiger partial charge on any atom is 0.312 e. The number of ether oxygens (including phenoxy) is 1. The fourth-order valence-corrected chi connectivity index (χ4v) is 3.40. The van der Waals surface area contributed by atoms with Crippen LogP contribution in [-0.2, 0) is 9.53 Å². The average molecular weight is 228 g/mol. The third-order valence-electron chi connectivity index (χ3n) is 4.40. The van der Waals surface area contributed by atoms with Gasteiger partial charge in [0, 0.05) is 12.5 Å². The van der Waals surface area contributed by atoms with E-state index in [4.69, 9.17) is 4.74 Å². The van der Waals surface area contributed by atoms with Crippen LogP contribution >= 0.6 is 0 Å². The fraction of sp³-hybridized carbons (Fsp3) is 0.917. The summed E-state index contributed by atoms with van der Waals surface area (Å²) in [6.07, 6.45) is 3.32. The first kappa shape index (κ1) is 11.9. The molecule has 0 bridgehead atoms. The maximum absolute atomic E-state index is 11.6. The minimum Gasteiger partial charge on any atom is -0.481 e. The third kappa shape index (κ3) is 1.64. The molecule has 1 heterocycles. The fourth-order valence-electron chi connectivity index (χ4n) is 3.40. The molecule has 1 saturated carbocycles. The molecule has 0 spiro atoms. The molecule has 2 fully saturated rings. The Kier molecular flexibility index (Phi) is 3.22. The minimum atomic E-state index is -0.861. The van der Waals surface area contributed by atoms with E-state index in [2.05, 4.69) is 0 Å². The van der Waals surface area contributed by atoms with Crippen LogP contribution in [0, 0.1) is 11.3 Å². The molecule has 0 radical (unpaired) electrons. The zero-order valence-electron chi connectivity index (χ0n) is 9.69. The van der Waals surface area contributed by atoms with Crippen molar-refractivity contribution in [2.75, 3.05) is 6.61 Å². The van der Waals surface area contributed by atoms with E-state index in [-0.39, 0.29) is 12.0 Å². The molecule has 2 rings (SSSR count). The Labute approximate surface area is 95.6 Å². The lowest BCUT2D eigenvalue weighted by molar-refractivity contribution is -0.162. The number of rotatable bonds is 2. The predicted molar refractivity (Wildman–Crippen MR) is 58.1 cm³/mol.